The Balaban J connectivity index is 2.02. The van der Waals surface area contributed by atoms with Gasteiger partial charge in [-0.15, -0.1) is 0 Å². The van der Waals surface area contributed by atoms with Crippen LogP contribution in [0.15, 0.2) is 70.0 Å². The van der Waals surface area contributed by atoms with Crippen LogP contribution in [0.3, 0.4) is 0 Å². The highest BCUT2D eigenvalue weighted by Crippen LogP contribution is 2.40. The number of carbonyl (C=O) groups is 1. The maximum absolute atomic E-state index is 12.3. The van der Waals surface area contributed by atoms with E-state index in [-0.39, 0.29) is 17.9 Å². The third-order valence-electron chi connectivity index (χ3n) is 3.62. The molecule has 1 N–H and O–H groups in total. The van der Waals surface area contributed by atoms with E-state index < -0.39 is 5.97 Å². The molecule has 5 nitrogen and oxygen atoms in total. The lowest BCUT2D eigenvalue weighted by molar-refractivity contribution is -0.138. The molecule has 0 aliphatic carbocycles. The Morgan fingerprint density at radius 1 is 1.31 bits per heavy atom. The van der Waals surface area contributed by atoms with E-state index in [1.807, 2.05) is 37.3 Å². The van der Waals surface area contributed by atoms with Crippen LogP contribution in [-0.2, 0) is 9.53 Å². The molecule has 1 aliphatic heterocycles. The summed E-state index contributed by atoms with van der Waals surface area (Å²) < 4.78 is 5.09. The van der Waals surface area contributed by atoms with Crippen LogP contribution in [0.5, 0.6) is 0 Å². The fraction of sp³-hybridized carbons (Fsp3) is 0.150. The fourth-order valence-corrected chi connectivity index (χ4v) is 3.38. The van der Waals surface area contributed by atoms with Crippen LogP contribution in [0.25, 0.3) is 6.08 Å². The van der Waals surface area contributed by atoms with Crippen molar-refractivity contribution in [1.82, 2.24) is 4.98 Å². The second-order valence-corrected chi connectivity index (χ2v) is 6.62. The van der Waals surface area contributed by atoms with Gasteiger partial charge in [0.1, 0.15) is 16.4 Å². The van der Waals surface area contributed by atoms with E-state index in [9.17, 15) is 9.90 Å². The van der Waals surface area contributed by atoms with Crippen LogP contribution in [-0.4, -0.2) is 27.7 Å². The Kier molecular flexibility index (Phi) is 5.53. The minimum atomic E-state index is -0.585. The number of thioether (sulfide) groups is 1. The van der Waals surface area contributed by atoms with E-state index in [2.05, 4.69) is 9.98 Å². The van der Waals surface area contributed by atoms with E-state index in [4.69, 9.17) is 4.74 Å². The second kappa shape index (κ2) is 8.01. The molecule has 1 aromatic heterocycles. The topological polar surface area (TPSA) is 71.8 Å². The smallest absolute Gasteiger partial charge is 0.344 e. The van der Waals surface area contributed by atoms with Crippen LogP contribution >= 0.6 is 11.8 Å². The van der Waals surface area contributed by atoms with Gasteiger partial charge in [-0.25, -0.2) is 9.79 Å². The third kappa shape index (κ3) is 4.03. The number of carbonyl (C=O) groups excluding carboxylic acids is 1. The number of rotatable bonds is 4. The second-order valence-electron chi connectivity index (χ2n) is 5.59. The lowest BCUT2D eigenvalue weighted by atomic mass is 10.2. The molecule has 0 bridgehead atoms. The van der Waals surface area contributed by atoms with Crippen LogP contribution < -0.4 is 0 Å². The molecule has 0 amide bonds. The molecule has 1 aliphatic rings. The van der Waals surface area contributed by atoms with E-state index in [0.717, 1.165) is 11.1 Å². The highest BCUT2D eigenvalue weighted by molar-refractivity contribution is 8.18. The van der Waals surface area contributed by atoms with Crippen molar-refractivity contribution in [3.05, 3.63) is 76.2 Å². The van der Waals surface area contributed by atoms with Gasteiger partial charge in [0.2, 0.25) is 0 Å². The van der Waals surface area contributed by atoms with Gasteiger partial charge in [0.25, 0.3) is 0 Å². The number of hydrogen-bond donors (Lipinski definition) is 1. The average molecular weight is 366 g/mol. The molecule has 0 atom stereocenters. The molecule has 0 fully saturated rings. The fourth-order valence-electron chi connectivity index (χ4n) is 2.34. The Bertz CT molecular complexity index is 900. The monoisotopic (exact) mass is 366 g/mol. The summed E-state index contributed by atoms with van der Waals surface area (Å²) in [7, 11) is 0. The van der Waals surface area contributed by atoms with E-state index in [0.29, 0.717) is 15.6 Å². The number of aryl methyl sites for hydroxylation is 1. The van der Waals surface area contributed by atoms with Crippen molar-refractivity contribution >= 4 is 34.5 Å². The van der Waals surface area contributed by atoms with Gasteiger partial charge < -0.3 is 9.84 Å². The third-order valence-corrected chi connectivity index (χ3v) is 4.64. The molecule has 26 heavy (non-hydrogen) atoms. The highest BCUT2D eigenvalue weighted by atomic mass is 32.2. The number of aliphatic hydroxyl groups is 1. The highest BCUT2D eigenvalue weighted by Gasteiger charge is 2.33. The summed E-state index contributed by atoms with van der Waals surface area (Å²) in [6.45, 7) is 3.94. The Morgan fingerprint density at radius 2 is 2.08 bits per heavy atom. The van der Waals surface area contributed by atoms with Gasteiger partial charge in [0.05, 0.1) is 17.2 Å². The first-order valence-electron chi connectivity index (χ1n) is 8.14. The quantitative estimate of drug-likeness (QED) is 0.802. The number of benzene rings is 1. The summed E-state index contributed by atoms with van der Waals surface area (Å²) in [5.74, 6) is -0.707. The van der Waals surface area contributed by atoms with Gasteiger partial charge in [-0.1, -0.05) is 35.5 Å². The van der Waals surface area contributed by atoms with Crippen molar-refractivity contribution in [2.24, 2.45) is 4.99 Å². The summed E-state index contributed by atoms with van der Waals surface area (Å²) in [5.41, 5.74) is 2.73. The number of hydrogen-bond acceptors (Lipinski definition) is 6. The van der Waals surface area contributed by atoms with Gasteiger partial charge >= 0.3 is 5.97 Å². The predicted molar refractivity (Wildman–Crippen MR) is 104 cm³/mol. The maximum Gasteiger partial charge on any atom is 0.344 e. The zero-order valence-corrected chi connectivity index (χ0v) is 15.3. The molecular weight excluding hydrogens is 348 g/mol. The number of nitrogens with zero attached hydrogens (tertiary/aromatic N) is 2. The van der Waals surface area contributed by atoms with Crippen molar-refractivity contribution in [1.29, 1.82) is 0 Å². The zero-order valence-electron chi connectivity index (χ0n) is 14.5. The van der Waals surface area contributed by atoms with Crippen LogP contribution in [0.4, 0.5) is 5.69 Å². The first-order valence-corrected chi connectivity index (χ1v) is 8.96. The first kappa shape index (κ1) is 17.9. The van der Waals surface area contributed by atoms with Crippen LogP contribution in [0.1, 0.15) is 18.1 Å². The predicted octanol–water partition coefficient (Wildman–Crippen LogP) is 4.58. The summed E-state index contributed by atoms with van der Waals surface area (Å²) in [5, 5.41) is 11.0. The van der Waals surface area contributed by atoms with E-state index >= 15 is 0 Å². The van der Waals surface area contributed by atoms with Crippen molar-refractivity contribution in [3.63, 3.8) is 0 Å². The average Bonchev–Trinajstić information content (AvgIpc) is 2.93. The lowest BCUT2D eigenvalue weighted by Gasteiger charge is -2.04. The SMILES string of the molecule is CCOC(=O)C1=C(O)C(=Cc2cccnc2)SC1=Nc1ccc(C)cc1. The largest absolute Gasteiger partial charge is 0.506 e. The zero-order chi connectivity index (χ0) is 18.5. The van der Waals surface area contributed by atoms with Crippen molar-refractivity contribution in [2.45, 2.75) is 13.8 Å². The van der Waals surface area contributed by atoms with Gasteiger partial charge in [0, 0.05) is 12.4 Å². The molecule has 2 aromatic rings. The molecule has 0 saturated heterocycles. The summed E-state index contributed by atoms with van der Waals surface area (Å²) in [6.07, 6.45) is 5.12. The van der Waals surface area contributed by atoms with Crippen molar-refractivity contribution < 1.29 is 14.6 Å². The number of esters is 1. The summed E-state index contributed by atoms with van der Waals surface area (Å²) in [6, 6.07) is 11.3. The molecular formula is C20H18N2O3S. The van der Waals surface area contributed by atoms with E-state index in [1.165, 1.54) is 11.8 Å². The van der Waals surface area contributed by atoms with Gasteiger partial charge in [-0.2, -0.15) is 0 Å². The number of aliphatic hydroxyl groups excluding tert-OH is 1. The molecule has 1 aromatic carbocycles. The molecule has 132 valence electrons. The molecule has 0 saturated carbocycles. The van der Waals surface area contributed by atoms with Gasteiger partial charge in [0.15, 0.2) is 0 Å². The molecule has 0 spiro atoms. The van der Waals surface area contributed by atoms with Crippen molar-refractivity contribution in [2.75, 3.05) is 6.61 Å². The standard InChI is InChI=1S/C20H18N2O3S/c1-3-25-20(24)17-18(23)16(11-14-5-4-10-21-12-14)26-19(17)22-15-8-6-13(2)7-9-15/h4-12,23H,3H2,1-2H3. The Hall–Kier alpha value is -2.86. The molecule has 3 rings (SSSR count). The van der Waals surface area contributed by atoms with E-state index in [1.54, 1.807) is 31.5 Å². The van der Waals surface area contributed by atoms with Gasteiger partial charge in [-0.3, -0.25) is 4.98 Å². The van der Waals surface area contributed by atoms with Crippen LogP contribution in [0.2, 0.25) is 0 Å². The number of ether oxygens (including phenoxy) is 1. The number of aliphatic imine (C=N–C) groups is 1. The summed E-state index contributed by atoms with van der Waals surface area (Å²) in [4.78, 5) is 21.5. The molecule has 6 heteroatoms. The lowest BCUT2D eigenvalue weighted by Crippen LogP contribution is -2.12. The summed E-state index contributed by atoms with van der Waals surface area (Å²) >= 11 is 1.23. The molecule has 0 radical (unpaired) electrons. The van der Waals surface area contributed by atoms with Crippen LogP contribution in [0, 0.1) is 6.92 Å². The first-order chi connectivity index (χ1) is 12.6. The number of aromatic nitrogens is 1. The molecule has 0 unspecified atom stereocenters. The van der Waals surface area contributed by atoms with Gasteiger partial charge in [-0.05, 0) is 43.7 Å². The minimum Gasteiger partial charge on any atom is -0.506 e. The number of pyridine rings is 1. The molecule has 2 heterocycles. The Labute approximate surface area is 156 Å². The maximum atomic E-state index is 12.3. The normalized spacial score (nSPS) is 17.2. The van der Waals surface area contributed by atoms with Crippen molar-refractivity contribution in [3.8, 4) is 0 Å². The minimum absolute atomic E-state index is 0.0903. The Morgan fingerprint density at radius 3 is 2.73 bits per heavy atom.